The van der Waals surface area contributed by atoms with Crippen LogP contribution in [-0.2, 0) is 17.8 Å². The van der Waals surface area contributed by atoms with Crippen LogP contribution in [-0.4, -0.2) is 21.7 Å². The SMILES string of the molecule is CCCn1ccc2cc(-c3cc(CCC(=O)O)ccc3OC3CCCCC3)ccc21. The molecule has 0 aliphatic heterocycles. The van der Waals surface area contributed by atoms with E-state index in [0.717, 1.165) is 48.2 Å². The van der Waals surface area contributed by atoms with Crippen molar-refractivity contribution in [3.8, 4) is 16.9 Å². The fourth-order valence-electron chi connectivity index (χ4n) is 4.48. The molecular weight excluding hydrogens is 374 g/mol. The lowest BCUT2D eigenvalue weighted by molar-refractivity contribution is -0.136. The van der Waals surface area contributed by atoms with E-state index in [1.807, 2.05) is 12.1 Å². The minimum atomic E-state index is -0.766. The van der Waals surface area contributed by atoms with E-state index in [4.69, 9.17) is 9.84 Å². The van der Waals surface area contributed by atoms with Crippen molar-refractivity contribution in [3.63, 3.8) is 0 Å². The van der Waals surface area contributed by atoms with E-state index in [-0.39, 0.29) is 12.5 Å². The molecule has 3 aromatic rings. The first kappa shape index (κ1) is 20.5. The van der Waals surface area contributed by atoms with Crippen LogP contribution in [0.5, 0.6) is 5.75 Å². The molecule has 0 saturated heterocycles. The lowest BCUT2D eigenvalue weighted by Crippen LogP contribution is -2.20. The van der Waals surface area contributed by atoms with E-state index in [0.29, 0.717) is 6.42 Å². The highest BCUT2D eigenvalue weighted by molar-refractivity contribution is 5.87. The maximum atomic E-state index is 11.0. The Hall–Kier alpha value is -2.75. The van der Waals surface area contributed by atoms with Crippen LogP contribution in [0.2, 0.25) is 0 Å². The van der Waals surface area contributed by atoms with Gasteiger partial charge in [0.2, 0.25) is 0 Å². The maximum Gasteiger partial charge on any atom is 0.303 e. The van der Waals surface area contributed by atoms with Crippen molar-refractivity contribution in [2.45, 2.75) is 70.9 Å². The molecule has 4 heteroatoms. The maximum absolute atomic E-state index is 11.0. The molecule has 1 saturated carbocycles. The Bertz CT molecular complexity index is 1010. The van der Waals surface area contributed by atoms with Crippen molar-refractivity contribution in [1.82, 2.24) is 4.57 Å². The van der Waals surface area contributed by atoms with Gasteiger partial charge < -0.3 is 14.4 Å². The zero-order chi connectivity index (χ0) is 20.9. The number of carbonyl (C=O) groups is 1. The van der Waals surface area contributed by atoms with Crippen molar-refractivity contribution >= 4 is 16.9 Å². The number of hydrogen-bond acceptors (Lipinski definition) is 2. The van der Waals surface area contributed by atoms with Gasteiger partial charge in [-0.3, -0.25) is 4.79 Å². The molecule has 1 aliphatic carbocycles. The lowest BCUT2D eigenvalue weighted by Gasteiger charge is -2.25. The molecule has 30 heavy (non-hydrogen) atoms. The van der Waals surface area contributed by atoms with Gasteiger partial charge >= 0.3 is 5.97 Å². The summed E-state index contributed by atoms with van der Waals surface area (Å²) in [5.74, 6) is 0.145. The summed E-state index contributed by atoms with van der Waals surface area (Å²) in [7, 11) is 0. The molecule has 0 unspecified atom stereocenters. The first-order valence-corrected chi connectivity index (χ1v) is 11.2. The summed E-state index contributed by atoms with van der Waals surface area (Å²) in [5, 5.41) is 10.3. The second kappa shape index (κ2) is 9.38. The van der Waals surface area contributed by atoms with Crippen molar-refractivity contribution < 1.29 is 14.6 Å². The van der Waals surface area contributed by atoms with Crippen molar-refractivity contribution in [2.75, 3.05) is 0 Å². The van der Waals surface area contributed by atoms with Gasteiger partial charge in [-0.15, -0.1) is 0 Å². The number of rotatable bonds is 8. The number of ether oxygens (including phenoxy) is 1. The Morgan fingerprint density at radius 1 is 1.10 bits per heavy atom. The van der Waals surface area contributed by atoms with Gasteiger partial charge in [0.25, 0.3) is 0 Å². The van der Waals surface area contributed by atoms with E-state index in [1.54, 1.807) is 0 Å². The minimum absolute atomic E-state index is 0.140. The van der Waals surface area contributed by atoms with Gasteiger partial charge in [-0.05, 0) is 80.0 Å². The number of carboxylic acids is 1. The zero-order valence-corrected chi connectivity index (χ0v) is 17.8. The van der Waals surface area contributed by atoms with Crippen LogP contribution in [0.15, 0.2) is 48.7 Å². The highest BCUT2D eigenvalue weighted by atomic mass is 16.5. The third-order valence-corrected chi connectivity index (χ3v) is 6.06. The van der Waals surface area contributed by atoms with Crippen molar-refractivity contribution in [2.24, 2.45) is 0 Å². The van der Waals surface area contributed by atoms with Gasteiger partial charge in [0.15, 0.2) is 0 Å². The van der Waals surface area contributed by atoms with Crippen LogP contribution in [0, 0.1) is 0 Å². The molecule has 4 rings (SSSR count). The summed E-state index contributed by atoms with van der Waals surface area (Å²) in [5.41, 5.74) is 4.47. The molecule has 1 aromatic heterocycles. The van der Waals surface area contributed by atoms with E-state index < -0.39 is 5.97 Å². The van der Waals surface area contributed by atoms with Gasteiger partial charge in [0, 0.05) is 35.6 Å². The van der Waals surface area contributed by atoms with Crippen LogP contribution < -0.4 is 4.74 Å². The van der Waals surface area contributed by atoms with Gasteiger partial charge in [-0.2, -0.15) is 0 Å². The molecule has 0 spiro atoms. The summed E-state index contributed by atoms with van der Waals surface area (Å²) >= 11 is 0. The molecule has 0 amide bonds. The predicted molar refractivity (Wildman–Crippen MR) is 121 cm³/mol. The molecule has 4 nitrogen and oxygen atoms in total. The molecule has 1 aliphatic rings. The fraction of sp³-hybridized carbons (Fsp3) is 0.423. The predicted octanol–water partition coefficient (Wildman–Crippen LogP) is 6.45. The third kappa shape index (κ3) is 4.69. The summed E-state index contributed by atoms with van der Waals surface area (Å²) in [6, 6.07) is 14.9. The highest BCUT2D eigenvalue weighted by Crippen LogP contribution is 2.36. The lowest BCUT2D eigenvalue weighted by atomic mass is 9.96. The second-order valence-corrected chi connectivity index (χ2v) is 8.38. The topological polar surface area (TPSA) is 51.5 Å². The van der Waals surface area contributed by atoms with Crippen LogP contribution in [0.4, 0.5) is 0 Å². The first-order chi connectivity index (χ1) is 14.6. The molecule has 2 aromatic carbocycles. The smallest absolute Gasteiger partial charge is 0.303 e. The van der Waals surface area contributed by atoms with E-state index >= 15 is 0 Å². The normalized spacial score (nSPS) is 14.8. The molecule has 1 fully saturated rings. The highest BCUT2D eigenvalue weighted by Gasteiger charge is 2.18. The molecule has 1 heterocycles. The Morgan fingerprint density at radius 3 is 2.70 bits per heavy atom. The summed E-state index contributed by atoms with van der Waals surface area (Å²) in [6.07, 6.45) is 10.2. The standard InChI is InChI=1S/C26H31NO3/c1-2-15-27-16-14-21-18-20(10-11-24(21)27)23-17-19(9-13-26(28)29)8-12-25(23)30-22-6-4-3-5-7-22/h8,10-12,14,16-18,22H,2-7,9,13,15H2,1H3,(H,28,29). The number of hydrogen-bond donors (Lipinski definition) is 1. The van der Waals surface area contributed by atoms with Crippen molar-refractivity contribution in [1.29, 1.82) is 0 Å². The number of aromatic nitrogens is 1. The van der Waals surface area contributed by atoms with Crippen molar-refractivity contribution in [3.05, 3.63) is 54.2 Å². The number of aryl methyl sites for hydroxylation is 2. The number of carboxylic acid groups (broad SMARTS) is 1. The Labute approximate surface area is 178 Å². The van der Waals surface area contributed by atoms with E-state index in [2.05, 4.69) is 48.0 Å². The van der Waals surface area contributed by atoms with Gasteiger partial charge in [0.05, 0.1) is 6.10 Å². The van der Waals surface area contributed by atoms with E-state index in [9.17, 15) is 4.79 Å². The summed E-state index contributed by atoms with van der Waals surface area (Å²) < 4.78 is 8.75. The summed E-state index contributed by atoms with van der Waals surface area (Å²) in [4.78, 5) is 11.0. The van der Waals surface area contributed by atoms with Crippen LogP contribution in [0.1, 0.15) is 57.4 Å². The fourth-order valence-corrected chi connectivity index (χ4v) is 4.48. The number of aliphatic carboxylic acids is 1. The first-order valence-electron chi connectivity index (χ1n) is 11.2. The van der Waals surface area contributed by atoms with Gasteiger partial charge in [0.1, 0.15) is 5.75 Å². The Morgan fingerprint density at radius 2 is 1.93 bits per heavy atom. The second-order valence-electron chi connectivity index (χ2n) is 8.38. The summed E-state index contributed by atoms with van der Waals surface area (Å²) in [6.45, 7) is 3.21. The van der Waals surface area contributed by atoms with Gasteiger partial charge in [-0.25, -0.2) is 0 Å². The molecule has 0 atom stereocenters. The zero-order valence-electron chi connectivity index (χ0n) is 17.8. The monoisotopic (exact) mass is 405 g/mol. The van der Waals surface area contributed by atoms with Crippen LogP contribution in [0.3, 0.4) is 0 Å². The third-order valence-electron chi connectivity index (χ3n) is 6.06. The largest absolute Gasteiger partial charge is 0.490 e. The molecular formula is C26H31NO3. The number of nitrogens with zero attached hydrogens (tertiary/aromatic N) is 1. The molecule has 0 radical (unpaired) electrons. The Balaban J connectivity index is 1.69. The minimum Gasteiger partial charge on any atom is -0.490 e. The van der Waals surface area contributed by atoms with Crippen LogP contribution >= 0.6 is 0 Å². The molecule has 0 bridgehead atoms. The number of fused-ring (bicyclic) bond motifs is 1. The molecule has 1 N–H and O–H groups in total. The quantitative estimate of drug-likeness (QED) is 0.469. The Kier molecular flexibility index (Phi) is 6.41. The number of benzene rings is 2. The average molecular weight is 406 g/mol. The van der Waals surface area contributed by atoms with Crippen LogP contribution in [0.25, 0.3) is 22.0 Å². The van der Waals surface area contributed by atoms with E-state index in [1.165, 1.54) is 30.2 Å². The average Bonchev–Trinajstić information content (AvgIpc) is 3.16. The van der Waals surface area contributed by atoms with Gasteiger partial charge in [-0.1, -0.05) is 25.5 Å². The molecule has 158 valence electrons.